The van der Waals surface area contributed by atoms with Crippen LogP contribution in [0.15, 0.2) is 45.1 Å². The summed E-state index contributed by atoms with van der Waals surface area (Å²) in [5.41, 5.74) is 0.268. The SMILES string of the molecule is C#CCNS(=O)(=O)c1cccc(C(=O)NCc2cc(Br)cs2)c1. The van der Waals surface area contributed by atoms with Gasteiger partial charge in [-0.05, 0) is 40.2 Å². The Balaban J connectivity index is 2.09. The highest BCUT2D eigenvalue weighted by atomic mass is 79.9. The fraction of sp³-hybridized carbons (Fsp3) is 0.133. The molecule has 23 heavy (non-hydrogen) atoms. The van der Waals surface area contributed by atoms with E-state index in [9.17, 15) is 13.2 Å². The number of carbonyl (C=O) groups excluding carboxylic acids is 1. The van der Waals surface area contributed by atoms with E-state index in [1.54, 1.807) is 6.07 Å². The number of thiophene rings is 1. The molecule has 1 aromatic heterocycles. The summed E-state index contributed by atoms with van der Waals surface area (Å²) in [6.07, 6.45) is 5.05. The molecule has 2 aromatic rings. The van der Waals surface area contributed by atoms with Gasteiger partial charge < -0.3 is 5.32 Å². The summed E-state index contributed by atoms with van der Waals surface area (Å²) >= 11 is 4.86. The number of rotatable bonds is 6. The van der Waals surface area contributed by atoms with Crippen LogP contribution in [0.2, 0.25) is 0 Å². The number of benzene rings is 1. The molecule has 0 fully saturated rings. The van der Waals surface area contributed by atoms with Crippen molar-refractivity contribution in [2.24, 2.45) is 0 Å². The third-order valence-corrected chi connectivity index (χ3v) is 5.91. The van der Waals surface area contributed by atoms with Gasteiger partial charge in [-0.25, -0.2) is 8.42 Å². The topological polar surface area (TPSA) is 75.3 Å². The molecule has 1 heterocycles. The van der Waals surface area contributed by atoms with Gasteiger partial charge in [-0.1, -0.05) is 12.0 Å². The average Bonchev–Trinajstić information content (AvgIpc) is 2.96. The van der Waals surface area contributed by atoms with E-state index in [4.69, 9.17) is 6.42 Å². The average molecular weight is 413 g/mol. The van der Waals surface area contributed by atoms with Gasteiger partial charge in [0.2, 0.25) is 10.0 Å². The lowest BCUT2D eigenvalue weighted by atomic mass is 10.2. The standard InChI is InChI=1S/C15H13BrN2O3S2/c1-2-6-18-23(20,21)14-5-3-4-11(7-14)15(19)17-9-13-8-12(16)10-22-13/h1,3-5,7-8,10,18H,6,9H2,(H,17,19). The molecule has 2 rings (SSSR count). The van der Waals surface area contributed by atoms with Gasteiger partial charge in [0.15, 0.2) is 0 Å². The molecule has 0 bridgehead atoms. The van der Waals surface area contributed by atoms with E-state index >= 15 is 0 Å². The van der Waals surface area contributed by atoms with Crippen molar-refractivity contribution in [1.82, 2.24) is 10.0 Å². The van der Waals surface area contributed by atoms with Gasteiger partial charge in [-0.15, -0.1) is 17.8 Å². The minimum absolute atomic E-state index is 0.000678. The van der Waals surface area contributed by atoms with E-state index in [1.807, 2.05) is 11.4 Å². The van der Waals surface area contributed by atoms with E-state index < -0.39 is 10.0 Å². The number of halogens is 1. The van der Waals surface area contributed by atoms with Crippen LogP contribution in [-0.4, -0.2) is 20.9 Å². The van der Waals surface area contributed by atoms with Gasteiger partial charge >= 0.3 is 0 Å². The molecule has 0 aliphatic carbocycles. The van der Waals surface area contributed by atoms with Crippen LogP contribution in [0.25, 0.3) is 0 Å². The van der Waals surface area contributed by atoms with Gasteiger partial charge in [0, 0.05) is 20.3 Å². The Morgan fingerprint density at radius 3 is 2.78 bits per heavy atom. The molecule has 0 radical (unpaired) electrons. The molecule has 8 heteroatoms. The van der Waals surface area contributed by atoms with Crippen LogP contribution in [0.3, 0.4) is 0 Å². The Morgan fingerprint density at radius 1 is 1.35 bits per heavy atom. The molecule has 0 unspecified atom stereocenters. The molecule has 1 aromatic carbocycles. The van der Waals surface area contributed by atoms with Crippen LogP contribution in [0.5, 0.6) is 0 Å². The lowest BCUT2D eigenvalue weighted by Gasteiger charge is -2.07. The predicted octanol–water partition coefficient (Wildman–Crippen LogP) is 2.35. The van der Waals surface area contributed by atoms with Crippen molar-refractivity contribution in [3.8, 4) is 12.3 Å². The van der Waals surface area contributed by atoms with Crippen molar-refractivity contribution in [3.05, 3.63) is 50.6 Å². The number of amides is 1. The first-order valence-electron chi connectivity index (χ1n) is 6.46. The number of hydrogen-bond donors (Lipinski definition) is 2. The highest BCUT2D eigenvalue weighted by molar-refractivity contribution is 9.10. The summed E-state index contributed by atoms with van der Waals surface area (Å²) in [6, 6.07) is 7.71. The van der Waals surface area contributed by atoms with Crippen molar-refractivity contribution in [2.45, 2.75) is 11.4 Å². The Morgan fingerprint density at radius 2 is 2.13 bits per heavy atom. The molecule has 2 N–H and O–H groups in total. The molecule has 1 amide bonds. The maximum Gasteiger partial charge on any atom is 0.251 e. The second kappa shape index (κ2) is 7.75. The zero-order valence-electron chi connectivity index (χ0n) is 11.9. The number of carbonyl (C=O) groups is 1. The zero-order chi connectivity index (χ0) is 16.9. The van der Waals surface area contributed by atoms with E-state index in [0.717, 1.165) is 9.35 Å². The molecule has 0 saturated heterocycles. The Kier molecular flexibility index (Phi) is 5.96. The lowest BCUT2D eigenvalue weighted by Crippen LogP contribution is -2.25. The first kappa shape index (κ1) is 17.7. The number of terminal acetylenes is 1. The minimum Gasteiger partial charge on any atom is -0.347 e. The van der Waals surface area contributed by atoms with Gasteiger partial charge in [0.1, 0.15) is 0 Å². The molecule has 0 atom stereocenters. The van der Waals surface area contributed by atoms with E-state index in [-0.39, 0.29) is 22.9 Å². The third-order valence-electron chi connectivity index (χ3n) is 2.82. The summed E-state index contributed by atoms with van der Waals surface area (Å²) in [4.78, 5) is 13.1. The first-order valence-corrected chi connectivity index (χ1v) is 9.62. The fourth-order valence-electron chi connectivity index (χ4n) is 1.74. The summed E-state index contributed by atoms with van der Waals surface area (Å²) in [6.45, 7) is 0.271. The summed E-state index contributed by atoms with van der Waals surface area (Å²) in [7, 11) is -3.72. The highest BCUT2D eigenvalue weighted by Crippen LogP contribution is 2.19. The molecule has 0 aliphatic heterocycles. The van der Waals surface area contributed by atoms with Crippen LogP contribution in [0.4, 0.5) is 0 Å². The molecule has 0 aliphatic rings. The van der Waals surface area contributed by atoms with Gasteiger partial charge in [0.05, 0.1) is 18.0 Å². The third kappa shape index (κ3) is 4.91. The fourth-order valence-corrected chi connectivity index (χ4v) is 4.11. The van der Waals surface area contributed by atoms with Crippen LogP contribution in [-0.2, 0) is 16.6 Å². The minimum atomic E-state index is -3.72. The van der Waals surface area contributed by atoms with E-state index in [1.165, 1.54) is 29.5 Å². The second-order valence-corrected chi connectivity index (χ2v) is 8.15. The summed E-state index contributed by atoms with van der Waals surface area (Å²) in [5, 5.41) is 4.68. The van der Waals surface area contributed by atoms with Crippen molar-refractivity contribution in [1.29, 1.82) is 0 Å². The molecule has 0 saturated carbocycles. The van der Waals surface area contributed by atoms with Gasteiger partial charge in [0.25, 0.3) is 5.91 Å². The van der Waals surface area contributed by atoms with E-state index in [2.05, 4.69) is 31.9 Å². The van der Waals surface area contributed by atoms with Crippen molar-refractivity contribution in [3.63, 3.8) is 0 Å². The molecule has 0 spiro atoms. The number of sulfonamides is 1. The number of nitrogens with one attached hydrogen (secondary N) is 2. The number of hydrogen-bond acceptors (Lipinski definition) is 4. The van der Waals surface area contributed by atoms with Crippen LogP contribution in [0, 0.1) is 12.3 Å². The molecular weight excluding hydrogens is 400 g/mol. The van der Waals surface area contributed by atoms with Crippen LogP contribution in [0.1, 0.15) is 15.2 Å². The normalized spacial score (nSPS) is 11.0. The molecular formula is C15H13BrN2O3S2. The second-order valence-electron chi connectivity index (χ2n) is 4.47. The quantitative estimate of drug-likeness (QED) is 0.714. The largest absolute Gasteiger partial charge is 0.347 e. The summed E-state index contributed by atoms with van der Waals surface area (Å²) < 4.78 is 27.2. The van der Waals surface area contributed by atoms with Crippen molar-refractivity contribution < 1.29 is 13.2 Å². The maximum absolute atomic E-state index is 12.2. The van der Waals surface area contributed by atoms with E-state index in [0.29, 0.717) is 6.54 Å². The van der Waals surface area contributed by atoms with Crippen molar-refractivity contribution in [2.75, 3.05) is 6.54 Å². The predicted molar refractivity (Wildman–Crippen MR) is 93.7 cm³/mol. The zero-order valence-corrected chi connectivity index (χ0v) is 15.1. The van der Waals surface area contributed by atoms with Crippen LogP contribution < -0.4 is 10.0 Å². The molecule has 5 nitrogen and oxygen atoms in total. The van der Waals surface area contributed by atoms with Crippen LogP contribution >= 0.6 is 27.3 Å². The smallest absolute Gasteiger partial charge is 0.251 e. The Bertz CT molecular complexity index is 854. The summed E-state index contributed by atoms with van der Waals surface area (Å²) in [5.74, 6) is 1.86. The molecule has 120 valence electrons. The highest BCUT2D eigenvalue weighted by Gasteiger charge is 2.15. The Hall–Kier alpha value is -1.66. The van der Waals surface area contributed by atoms with Crippen molar-refractivity contribution >= 4 is 43.2 Å². The lowest BCUT2D eigenvalue weighted by molar-refractivity contribution is 0.0951. The Labute approximate surface area is 147 Å². The first-order chi connectivity index (χ1) is 10.9. The monoisotopic (exact) mass is 412 g/mol. The van der Waals surface area contributed by atoms with Gasteiger partial charge in [-0.3, -0.25) is 4.79 Å². The van der Waals surface area contributed by atoms with Gasteiger partial charge in [-0.2, -0.15) is 4.72 Å². The maximum atomic E-state index is 12.2.